The first-order valence-corrected chi connectivity index (χ1v) is 11.9. The highest BCUT2D eigenvalue weighted by atomic mass is 28.3. The second kappa shape index (κ2) is 4.84. The van der Waals surface area contributed by atoms with E-state index in [0.717, 1.165) is 24.4 Å². The standard InChI is InChI=1S/C18H24N2OSi/c1-22(2,3)9-6-14-10-15-11-18(21-17(15)19-12-14)13-20-7-4-16(18)5-8-20/h10,12,16H,4-5,7-8,11,13H2,1-3H3/t18-/m0/s1. The van der Waals surface area contributed by atoms with Crippen LogP contribution in [0.4, 0.5) is 0 Å². The molecule has 4 heteroatoms. The van der Waals surface area contributed by atoms with Crippen molar-refractivity contribution >= 4 is 8.07 Å². The summed E-state index contributed by atoms with van der Waals surface area (Å²) < 4.78 is 6.38. The summed E-state index contributed by atoms with van der Waals surface area (Å²) in [7, 11) is -1.34. The van der Waals surface area contributed by atoms with E-state index >= 15 is 0 Å². The second-order valence-electron chi connectivity index (χ2n) is 8.08. The van der Waals surface area contributed by atoms with Crippen LogP contribution < -0.4 is 4.74 Å². The average Bonchev–Trinajstić information content (AvgIpc) is 2.82. The van der Waals surface area contributed by atoms with Crippen molar-refractivity contribution in [1.82, 2.24) is 9.88 Å². The van der Waals surface area contributed by atoms with Gasteiger partial charge in [-0.25, -0.2) is 4.98 Å². The highest BCUT2D eigenvalue weighted by Gasteiger charge is 2.52. The van der Waals surface area contributed by atoms with Crippen molar-refractivity contribution in [2.45, 2.75) is 44.5 Å². The number of hydrogen-bond acceptors (Lipinski definition) is 3. The van der Waals surface area contributed by atoms with Gasteiger partial charge in [-0.2, -0.15) is 0 Å². The van der Waals surface area contributed by atoms with Crippen LogP contribution in [0.1, 0.15) is 24.0 Å². The molecule has 4 aliphatic rings. The van der Waals surface area contributed by atoms with Gasteiger partial charge in [-0.05, 0) is 32.0 Å². The number of nitrogens with zero attached hydrogens (tertiary/aromatic N) is 2. The molecule has 116 valence electrons. The van der Waals surface area contributed by atoms with Crippen molar-refractivity contribution in [2.24, 2.45) is 5.92 Å². The van der Waals surface area contributed by atoms with Crippen molar-refractivity contribution < 1.29 is 4.74 Å². The molecule has 0 amide bonds. The highest BCUT2D eigenvalue weighted by Crippen LogP contribution is 2.46. The van der Waals surface area contributed by atoms with Crippen LogP contribution in [0.25, 0.3) is 0 Å². The molecule has 1 spiro atoms. The predicted molar refractivity (Wildman–Crippen MR) is 90.7 cm³/mol. The van der Waals surface area contributed by atoms with Crippen LogP contribution in [0.15, 0.2) is 12.3 Å². The van der Waals surface area contributed by atoms with Gasteiger partial charge in [0.1, 0.15) is 13.7 Å². The van der Waals surface area contributed by atoms with Gasteiger partial charge in [-0.15, -0.1) is 5.54 Å². The lowest BCUT2D eigenvalue weighted by atomic mass is 9.73. The maximum Gasteiger partial charge on any atom is 0.217 e. The van der Waals surface area contributed by atoms with Crippen molar-refractivity contribution in [2.75, 3.05) is 19.6 Å². The Morgan fingerprint density at radius 2 is 2.09 bits per heavy atom. The first-order chi connectivity index (χ1) is 10.4. The zero-order valence-corrected chi connectivity index (χ0v) is 14.8. The molecule has 4 aliphatic heterocycles. The molecule has 5 heterocycles. The number of rotatable bonds is 0. The molecule has 3 nitrogen and oxygen atoms in total. The van der Waals surface area contributed by atoms with E-state index in [9.17, 15) is 0 Å². The summed E-state index contributed by atoms with van der Waals surface area (Å²) >= 11 is 0. The van der Waals surface area contributed by atoms with Gasteiger partial charge in [0.2, 0.25) is 5.88 Å². The molecule has 0 N–H and O–H groups in total. The molecule has 22 heavy (non-hydrogen) atoms. The fourth-order valence-electron chi connectivity index (χ4n) is 4.04. The fourth-order valence-corrected chi connectivity index (χ4v) is 4.56. The Labute approximate surface area is 134 Å². The molecular formula is C18H24N2OSi. The van der Waals surface area contributed by atoms with E-state index in [4.69, 9.17) is 4.74 Å². The van der Waals surface area contributed by atoms with Crippen LogP contribution in [0.2, 0.25) is 19.6 Å². The molecular weight excluding hydrogens is 288 g/mol. The normalized spacial score (nSPS) is 32.3. The molecule has 1 aromatic rings. The van der Waals surface area contributed by atoms with Crippen LogP contribution >= 0.6 is 0 Å². The van der Waals surface area contributed by atoms with E-state index in [1.807, 2.05) is 6.20 Å². The predicted octanol–water partition coefficient (Wildman–Crippen LogP) is 2.71. The lowest BCUT2D eigenvalue weighted by molar-refractivity contribution is -0.0814. The number of fused-ring (bicyclic) bond motifs is 3. The van der Waals surface area contributed by atoms with Gasteiger partial charge in [0.05, 0.1) is 0 Å². The Bertz CT molecular complexity index is 662. The maximum atomic E-state index is 6.38. The third kappa shape index (κ3) is 2.47. The van der Waals surface area contributed by atoms with Crippen molar-refractivity contribution in [1.29, 1.82) is 0 Å². The van der Waals surface area contributed by atoms with E-state index in [-0.39, 0.29) is 5.60 Å². The minimum Gasteiger partial charge on any atom is -0.469 e. The lowest BCUT2D eigenvalue weighted by Crippen LogP contribution is -2.61. The number of ether oxygens (including phenoxy) is 1. The summed E-state index contributed by atoms with van der Waals surface area (Å²) in [5.41, 5.74) is 5.73. The Morgan fingerprint density at radius 1 is 1.32 bits per heavy atom. The molecule has 3 saturated heterocycles. The van der Waals surface area contributed by atoms with E-state index in [1.165, 1.54) is 31.5 Å². The highest BCUT2D eigenvalue weighted by molar-refractivity contribution is 6.83. The fraction of sp³-hybridized carbons (Fsp3) is 0.611. The Balaban J connectivity index is 1.60. The second-order valence-corrected chi connectivity index (χ2v) is 12.8. The third-order valence-electron chi connectivity index (χ3n) is 5.12. The molecule has 1 aromatic heterocycles. The molecule has 0 unspecified atom stereocenters. The van der Waals surface area contributed by atoms with Crippen LogP contribution in [-0.4, -0.2) is 43.2 Å². The smallest absolute Gasteiger partial charge is 0.217 e. The van der Waals surface area contributed by atoms with E-state index in [1.54, 1.807) is 0 Å². The Hall–Kier alpha value is -1.31. The van der Waals surface area contributed by atoms with Crippen LogP contribution in [0, 0.1) is 17.4 Å². The van der Waals surface area contributed by atoms with E-state index < -0.39 is 8.07 Å². The number of pyridine rings is 1. The van der Waals surface area contributed by atoms with Crippen LogP contribution in [0.5, 0.6) is 5.88 Å². The molecule has 2 bridgehead atoms. The third-order valence-corrected chi connectivity index (χ3v) is 5.99. The Kier molecular flexibility index (Phi) is 3.14. The summed E-state index contributed by atoms with van der Waals surface area (Å²) in [6, 6.07) is 2.21. The van der Waals surface area contributed by atoms with E-state index in [2.05, 4.69) is 47.1 Å². The summed E-state index contributed by atoms with van der Waals surface area (Å²) in [6.07, 6.45) is 5.44. The van der Waals surface area contributed by atoms with Crippen LogP contribution in [0.3, 0.4) is 0 Å². The zero-order chi connectivity index (χ0) is 15.4. The topological polar surface area (TPSA) is 25.4 Å². The number of hydrogen-bond donors (Lipinski definition) is 0. The molecule has 0 aliphatic carbocycles. The van der Waals surface area contributed by atoms with Gasteiger partial charge in [0.25, 0.3) is 0 Å². The minimum atomic E-state index is -1.34. The van der Waals surface area contributed by atoms with Gasteiger partial charge >= 0.3 is 0 Å². The van der Waals surface area contributed by atoms with Gasteiger partial charge < -0.3 is 4.74 Å². The summed E-state index contributed by atoms with van der Waals surface area (Å²) in [6.45, 7) is 10.4. The van der Waals surface area contributed by atoms with Crippen molar-refractivity contribution in [3.63, 3.8) is 0 Å². The van der Waals surface area contributed by atoms with Crippen molar-refractivity contribution in [3.05, 3.63) is 23.4 Å². The first-order valence-electron chi connectivity index (χ1n) is 8.37. The van der Waals surface area contributed by atoms with Crippen LogP contribution in [-0.2, 0) is 6.42 Å². The summed E-state index contributed by atoms with van der Waals surface area (Å²) in [5.74, 6) is 4.87. The summed E-state index contributed by atoms with van der Waals surface area (Å²) in [4.78, 5) is 7.12. The molecule has 0 aromatic carbocycles. The lowest BCUT2D eigenvalue weighted by Gasteiger charge is -2.50. The largest absolute Gasteiger partial charge is 0.469 e. The minimum absolute atomic E-state index is 0.00331. The zero-order valence-electron chi connectivity index (χ0n) is 13.8. The molecule has 0 radical (unpaired) electrons. The SMILES string of the molecule is C[Si](C)(C)C#Cc1cnc2c(c1)C[C@@]1(CN3CCC1CC3)O2. The summed E-state index contributed by atoms with van der Waals surface area (Å²) in [5, 5.41) is 0. The number of aromatic nitrogens is 1. The molecule has 0 saturated carbocycles. The van der Waals surface area contributed by atoms with E-state index in [0.29, 0.717) is 5.92 Å². The average molecular weight is 312 g/mol. The monoisotopic (exact) mass is 312 g/mol. The molecule has 5 rings (SSSR count). The molecule has 3 fully saturated rings. The van der Waals surface area contributed by atoms with Crippen molar-refractivity contribution in [3.8, 4) is 17.3 Å². The van der Waals surface area contributed by atoms with Gasteiger partial charge in [0, 0.05) is 36.2 Å². The maximum absolute atomic E-state index is 6.38. The van der Waals surface area contributed by atoms with Gasteiger partial charge in [-0.3, -0.25) is 4.90 Å². The first kappa shape index (κ1) is 14.3. The number of piperidine rings is 3. The molecule has 1 atom stereocenters. The Morgan fingerprint density at radius 3 is 2.73 bits per heavy atom. The van der Waals surface area contributed by atoms with Gasteiger partial charge in [0.15, 0.2) is 0 Å². The van der Waals surface area contributed by atoms with Gasteiger partial charge in [-0.1, -0.05) is 25.6 Å². The quantitative estimate of drug-likeness (QED) is 0.544.